The molecule has 1 N–H and O–H groups in total. The monoisotopic (exact) mass is 714 g/mol. The van der Waals surface area contributed by atoms with Crippen molar-refractivity contribution in [2.75, 3.05) is 25.1 Å². The second-order valence-corrected chi connectivity index (χ2v) is 13.8. The molecule has 1 saturated heterocycles. The Balaban J connectivity index is 1.59. The third-order valence-electron chi connectivity index (χ3n) is 6.41. The van der Waals surface area contributed by atoms with Gasteiger partial charge < -0.3 is 0 Å². The third-order valence-corrected chi connectivity index (χ3v) is 11.4. The molecule has 0 bridgehead atoms. The Morgan fingerprint density at radius 2 is 1.68 bits per heavy atom. The van der Waals surface area contributed by atoms with Crippen molar-refractivity contribution in [2.45, 2.75) is 23.3 Å². The summed E-state index contributed by atoms with van der Waals surface area (Å²) in [4.78, 5) is -0.507. The van der Waals surface area contributed by atoms with E-state index >= 15 is 0 Å². The van der Waals surface area contributed by atoms with E-state index in [1.807, 2.05) is 0 Å². The van der Waals surface area contributed by atoms with Crippen LogP contribution in [0.4, 0.5) is 37.7 Å². The Morgan fingerprint density at radius 1 is 0.925 bits per heavy atom. The van der Waals surface area contributed by atoms with E-state index in [4.69, 9.17) is 11.6 Å². The van der Waals surface area contributed by atoms with Crippen LogP contribution < -0.4 is 34.2 Å². The third kappa shape index (κ3) is 5.65. The second-order valence-electron chi connectivity index (χ2n) is 9.01. The second kappa shape index (κ2) is 10.7. The summed E-state index contributed by atoms with van der Waals surface area (Å²) in [6, 6.07) is 11.6. The summed E-state index contributed by atoms with van der Waals surface area (Å²) in [6.07, 6.45) is -6.77. The standard InChI is InChI=1S/C26H20ClF6IN3O2S/c27-22-6-2-5-21(26(31,32)33)20(22)9-7-16-8-10-23-24(11-16)36(14-18-13-35-15-34-37(18)23)40(38,39)19-4-1-3-17(12-19)25(28,29)30/h1-12,18,35H,13-15H2/q-1/b9-7+/t18-/m1/s1. The van der Waals surface area contributed by atoms with Gasteiger partial charge in [-0.15, -0.1) is 0 Å². The Morgan fingerprint density at radius 3 is 2.40 bits per heavy atom. The minimum absolute atomic E-state index is 0.00575. The fourth-order valence-electron chi connectivity index (χ4n) is 4.54. The van der Waals surface area contributed by atoms with Crippen LogP contribution in [0.25, 0.3) is 12.2 Å². The van der Waals surface area contributed by atoms with Crippen molar-refractivity contribution >= 4 is 45.2 Å². The van der Waals surface area contributed by atoms with Crippen LogP contribution >= 0.6 is 11.6 Å². The molecule has 1 atom stereocenters. The van der Waals surface area contributed by atoms with Gasteiger partial charge in [0.25, 0.3) is 0 Å². The molecule has 2 aliphatic heterocycles. The maximum absolute atomic E-state index is 13.8. The zero-order valence-electron chi connectivity index (χ0n) is 20.3. The topological polar surface area (TPSA) is 52.7 Å². The summed E-state index contributed by atoms with van der Waals surface area (Å²) in [7, 11) is -4.43. The molecule has 0 spiro atoms. The van der Waals surface area contributed by atoms with Crippen molar-refractivity contribution in [2.24, 2.45) is 0 Å². The van der Waals surface area contributed by atoms with Crippen LogP contribution in [0, 0.1) is 0 Å². The quantitative estimate of drug-likeness (QED) is 0.112. The van der Waals surface area contributed by atoms with E-state index in [-0.39, 0.29) is 28.9 Å². The van der Waals surface area contributed by atoms with Crippen molar-refractivity contribution in [1.82, 2.24) is 5.32 Å². The van der Waals surface area contributed by atoms with Gasteiger partial charge in [0.15, 0.2) is 0 Å². The van der Waals surface area contributed by atoms with Gasteiger partial charge in [-0.2, -0.15) is 0 Å². The van der Waals surface area contributed by atoms with E-state index in [1.54, 1.807) is 12.1 Å². The first-order valence-electron chi connectivity index (χ1n) is 11.7. The normalized spacial score (nSPS) is 18.3. The molecule has 5 nitrogen and oxygen atoms in total. The van der Waals surface area contributed by atoms with Crippen LogP contribution in [-0.4, -0.2) is 32.1 Å². The van der Waals surface area contributed by atoms with Crippen LogP contribution in [0.15, 0.2) is 65.6 Å². The van der Waals surface area contributed by atoms with Gasteiger partial charge in [-0.3, -0.25) is 0 Å². The molecule has 0 unspecified atom stereocenters. The van der Waals surface area contributed by atoms with Gasteiger partial charge in [-0.05, 0) is 0 Å². The number of rotatable bonds is 4. The van der Waals surface area contributed by atoms with Crippen LogP contribution in [0.2, 0.25) is 5.02 Å². The average molecular weight is 715 g/mol. The van der Waals surface area contributed by atoms with Gasteiger partial charge in [0.1, 0.15) is 0 Å². The van der Waals surface area contributed by atoms with Gasteiger partial charge in [0.05, 0.1) is 0 Å². The van der Waals surface area contributed by atoms with E-state index < -0.39 is 59.9 Å². The Kier molecular flexibility index (Phi) is 7.78. The first-order chi connectivity index (χ1) is 18.8. The van der Waals surface area contributed by atoms with Crippen molar-refractivity contribution < 1.29 is 56.2 Å². The molecule has 2 heterocycles. The minimum atomic E-state index is -4.73. The number of nitrogens with zero attached hydrogens (tertiary/aromatic N) is 2. The zero-order valence-corrected chi connectivity index (χ0v) is 24.0. The summed E-state index contributed by atoms with van der Waals surface area (Å²) in [5.41, 5.74) is -1.01. The van der Waals surface area contributed by atoms with Crippen LogP contribution in [0.3, 0.4) is 0 Å². The molecular weight excluding hydrogens is 695 g/mol. The SMILES string of the molecule is O=S(=O)(c1cccc(C(F)(F)F)c1)N1C[C@H]2CNC[I-]N2c2ccc(/C=C/c3c(Cl)cccc3C(F)(F)F)cc21. The number of anilines is 2. The molecule has 3 aromatic carbocycles. The molecule has 0 aromatic heterocycles. The molecule has 0 radical (unpaired) electrons. The van der Waals surface area contributed by atoms with Crippen molar-refractivity contribution in [3.05, 3.63) is 87.9 Å². The van der Waals surface area contributed by atoms with Crippen LogP contribution in [-0.2, 0) is 22.4 Å². The van der Waals surface area contributed by atoms with E-state index in [2.05, 4.69) is 8.43 Å². The molecule has 2 aliphatic rings. The van der Waals surface area contributed by atoms with Crippen molar-refractivity contribution in [1.29, 1.82) is 0 Å². The summed E-state index contributed by atoms with van der Waals surface area (Å²) in [5, 5.41) is 3.14. The van der Waals surface area contributed by atoms with Gasteiger partial charge in [0.2, 0.25) is 0 Å². The van der Waals surface area contributed by atoms with E-state index in [0.29, 0.717) is 23.9 Å². The number of benzene rings is 3. The predicted octanol–water partition coefficient (Wildman–Crippen LogP) is 3.50. The predicted molar refractivity (Wildman–Crippen MR) is 137 cm³/mol. The molecule has 40 heavy (non-hydrogen) atoms. The molecule has 0 aliphatic carbocycles. The molecule has 1 fully saturated rings. The Hall–Kier alpha value is -2.49. The molecule has 5 rings (SSSR count). The van der Waals surface area contributed by atoms with Crippen LogP contribution in [0.1, 0.15) is 22.3 Å². The van der Waals surface area contributed by atoms with E-state index in [0.717, 1.165) is 33.1 Å². The molecule has 14 heteroatoms. The number of alkyl halides is 7. The summed E-state index contributed by atoms with van der Waals surface area (Å²) < 4.78 is 112. The number of halogens is 8. The van der Waals surface area contributed by atoms with Crippen molar-refractivity contribution in [3.8, 4) is 0 Å². The average Bonchev–Trinajstić information content (AvgIpc) is 2.90. The molecule has 3 aromatic rings. The Labute approximate surface area is 242 Å². The number of nitrogens with one attached hydrogen (secondary N) is 1. The van der Waals surface area contributed by atoms with Gasteiger partial charge >= 0.3 is 243 Å². The number of hydrogen-bond acceptors (Lipinski definition) is 4. The summed E-state index contributed by atoms with van der Waals surface area (Å²) >= 11 is 5.51. The Bertz CT molecular complexity index is 1580. The van der Waals surface area contributed by atoms with E-state index in [1.165, 1.54) is 30.4 Å². The maximum atomic E-state index is 13.8. The first kappa shape index (κ1) is 29.0. The van der Waals surface area contributed by atoms with Crippen molar-refractivity contribution in [3.63, 3.8) is 0 Å². The fourth-order valence-corrected chi connectivity index (χ4v) is 8.96. The molecule has 0 amide bonds. The first-order valence-corrected chi connectivity index (χ1v) is 16.0. The number of fused-ring (bicyclic) bond motifs is 3. The molecular formula is C26H20ClF6IN3O2S-. The zero-order chi connectivity index (χ0) is 28.9. The van der Waals surface area contributed by atoms with E-state index in [9.17, 15) is 34.8 Å². The van der Waals surface area contributed by atoms with Crippen LogP contribution in [0.5, 0.6) is 0 Å². The van der Waals surface area contributed by atoms with Gasteiger partial charge in [-0.1, -0.05) is 0 Å². The molecule has 214 valence electrons. The number of sulfonamides is 1. The van der Waals surface area contributed by atoms with Gasteiger partial charge in [-0.25, -0.2) is 0 Å². The fraction of sp³-hybridized carbons (Fsp3) is 0.231. The molecule has 0 saturated carbocycles. The summed E-state index contributed by atoms with van der Waals surface area (Å²) in [6.45, 7) is 0.482. The van der Waals surface area contributed by atoms with Gasteiger partial charge in [0, 0.05) is 0 Å². The number of hydrogen-bond donors (Lipinski definition) is 1. The summed E-state index contributed by atoms with van der Waals surface area (Å²) in [5.74, 6) is 0.